The molecule has 0 aromatic heterocycles. The van der Waals surface area contributed by atoms with Gasteiger partial charge in [-0.05, 0) is 19.3 Å². The molecule has 0 saturated carbocycles. The van der Waals surface area contributed by atoms with Crippen molar-refractivity contribution in [3.8, 4) is 0 Å². The van der Waals surface area contributed by atoms with Gasteiger partial charge in [-0.3, -0.25) is 0 Å². The molecule has 1 nitrogen and oxygen atoms in total. The van der Waals surface area contributed by atoms with E-state index >= 15 is 0 Å². The average Bonchev–Trinajstić information content (AvgIpc) is 1.65. The van der Waals surface area contributed by atoms with E-state index in [1.54, 1.807) is 0 Å². The van der Waals surface area contributed by atoms with Gasteiger partial charge in [-0.1, -0.05) is 0 Å². The summed E-state index contributed by atoms with van der Waals surface area (Å²) in [6.07, 6.45) is 4.17. The van der Waals surface area contributed by atoms with Crippen LogP contribution < -0.4 is 0 Å². The molecular weight excluding hydrogens is 365 g/mol. The molecule has 0 aliphatic carbocycles. The molecule has 0 bridgehead atoms. The van der Waals surface area contributed by atoms with Crippen molar-refractivity contribution >= 4 is 0 Å². The molecule has 0 atom stereocenters. The fraction of sp³-hybridized carbons (Fsp3) is 0.857. The van der Waals surface area contributed by atoms with Crippen LogP contribution in [0, 0.1) is 7.05 Å². The Bertz CT molecular complexity index is 73.0. The molecule has 0 unspecified atom stereocenters. The van der Waals surface area contributed by atoms with Crippen LogP contribution in [0.15, 0.2) is 0 Å². The molecule has 50 valence electrons. The quantitative estimate of drug-likeness (QED) is 0.441. The van der Waals surface area contributed by atoms with E-state index in [-0.39, 0.29) is 0 Å². The van der Waals surface area contributed by atoms with Crippen molar-refractivity contribution < 1.29 is 4.48 Å². The summed E-state index contributed by atoms with van der Waals surface area (Å²) in [5.41, 5.74) is 0. The zero-order chi connectivity index (χ0) is 6.04. The minimum Gasteiger partial charge on any atom is -0.459 e. The van der Waals surface area contributed by atoms with Crippen LogP contribution in [0.25, 0.3) is 0 Å². The van der Waals surface area contributed by atoms with Gasteiger partial charge >= 0.3 is 0 Å². The molecular formula is C7H15NRf. The third-order valence-corrected chi connectivity index (χ3v) is 1.90. The first-order chi connectivity index (χ1) is 3.71. The number of hydrogen-bond donors (Lipinski definition) is 0. The van der Waals surface area contributed by atoms with Crippen LogP contribution in [-0.2, 0) is 0 Å². The summed E-state index contributed by atoms with van der Waals surface area (Å²) in [6, 6.07) is 0. The van der Waals surface area contributed by atoms with E-state index in [0.29, 0.717) is 0 Å². The Morgan fingerprint density at radius 1 is 1.11 bits per heavy atom. The smallest absolute Gasteiger partial charge is 0.0543 e. The van der Waals surface area contributed by atoms with Crippen molar-refractivity contribution in [1.29, 1.82) is 0 Å². The Morgan fingerprint density at radius 2 is 1.56 bits per heavy atom. The summed E-state index contributed by atoms with van der Waals surface area (Å²) >= 11 is 0. The molecule has 1 heterocycles. The molecule has 0 spiro atoms. The van der Waals surface area contributed by atoms with E-state index in [0.717, 1.165) is 4.48 Å². The normalized spacial score (nSPS) is 24.7. The summed E-state index contributed by atoms with van der Waals surface area (Å²) in [7, 11) is 6.27. The molecule has 0 radical (unpaired) electrons. The van der Waals surface area contributed by atoms with Gasteiger partial charge in [0.05, 0.1) is 13.1 Å². The molecule has 0 N–H and O–H groups in total. The van der Waals surface area contributed by atoms with Crippen molar-refractivity contribution in [3.05, 3.63) is 7.05 Å². The van der Waals surface area contributed by atoms with Gasteiger partial charge in [0.15, 0.2) is 0 Å². The number of likely N-dealkylation sites (tertiary alicyclic amines) is 1. The fourth-order valence-corrected chi connectivity index (χ4v) is 1.28. The van der Waals surface area contributed by atoms with Crippen molar-refractivity contribution in [2.75, 3.05) is 20.1 Å². The SMILES string of the molecule is [CH2-][N+]1(C)CCCCC1.[Rf]. The molecule has 1 aliphatic heterocycles. The zero-order valence-corrected chi connectivity index (χ0v) is 12.8. The first-order valence-corrected chi connectivity index (χ1v) is 3.40. The fourth-order valence-electron chi connectivity index (χ4n) is 1.28. The summed E-state index contributed by atoms with van der Waals surface area (Å²) in [6.45, 7) is 2.56. The van der Waals surface area contributed by atoms with Gasteiger partial charge < -0.3 is 4.48 Å². The minimum absolute atomic E-state index is 0. The van der Waals surface area contributed by atoms with Crippen LogP contribution >= 0.6 is 0 Å². The third kappa shape index (κ3) is 2.13. The van der Waals surface area contributed by atoms with Crippen LogP contribution in [0.4, 0.5) is 0 Å². The van der Waals surface area contributed by atoms with Gasteiger partial charge in [0.2, 0.25) is 0 Å². The third-order valence-electron chi connectivity index (χ3n) is 1.90. The van der Waals surface area contributed by atoms with Crippen molar-refractivity contribution in [1.82, 2.24) is 0 Å². The van der Waals surface area contributed by atoms with Gasteiger partial charge in [-0.15, -0.1) is 7.05 Å². The Morgan fingerprint density at radius 3 is 1.78 bits per heavy atom. The van der Waals surface area contributed by atoms with Gasteiger partial charge in [0, 0.05) is 7.05 Å². The Labute approximate surface area is 51.9 Å². The zero-order valence-electron chi connectivity index (χ0n) is 6.40. The number of hydrogen-bond acceptors (Lipinski definition) is 0. The van der Waals surface area contributed by atoms with Crippen molar-refractivity contribution in [2.24, 2.45) is 0 Å². The predicted molar refractivity (Wildman–Crippen MR) is 35.1 cm³/mol. The van der Waals surface area contributed by atoms with E-state index in [2.05, 4.69) is 14.1 Å². The van der Waals surface area contributed by atoms with Gasteiger partial charge in [0.1, 0.15) is 0 Å². The molecule has 1 fully saturated rings. The molecule has 0 aromatic rings. The first kappa shape index (κ1) is 7.96. The second-order valence-corrected chi connectivity index (χ2v) is 3.13. The standard InChI is InChI=1S/C7H15N.Rf/c1-8(2)6-4-3-5-7-8;/h1,3-7H2,2H3;. The monoisotopic (exact) mass is 380 g/mol. The molecule has 1 aliphatic rings. The summed E-state index contributed by atoms with van der Waals surface area (Å²) in [4.78, 5) is 0. The second-order valence-electron chi connectivity index (χ2n) is 3.13. The van der Waals surface area contributed by atoms with Crippen LogP contribution in [0.1, 0.15) is 19.3 Å². The van der Waals surface area contributed by atoms with E-state index in [1.807, 2.05) is 0 Å². The topological polar surface area (TPSA) is 0 Å². The number of piperidine rings is 1. The van der Waals surface area contributed by atoms with E-state index < -0.39 is 0 Å². The summed E-state index contributed by atoms with van der Waals surface area (Å²) < 4.78 is 1.00. The molecule has 2 heteroatoms. The number of rotatable bonds is 0. The Kier molecular flexibility index (Phi) is 2.20. The van der Waals surface area contributed by atoms with E-state index in [1.165, 1.54) is 32.4 Å². The van der Waals surface area contributed by atoms with E-state index in [9.17, 15) is 0 Å². The predicted octanol–water partition coefficient (Wildman–Crippen LogP) is 1.41. The maximum absolute atomic E-state index is 4.07. The Hall–Kier alpha value is -1.04. The average molecular weight is 380 g/mol. The van der Waals surface area contributed by atoms with Crippen LogP contribution in [0.5, 0.6) is 0 Å². The van der Waals surface area contributed by atoms with Crippen molar-refractivity contribution in [3.63, 3.8) is 0 Å². The number of quaternary nitrogens is 1. The first-order valence-electron chi connectivity index (χ1n) is 3.40. The molecule has 1 rings (SSSR count). The molecule has 0 aromatic carbocycles. The molecule has 9 heavy (non-hydrogen) atoms. The van der Waals surface area contributed by atoms with Crippen LogP contribution in [-0.4, -0.2) is 24.6 Å². The summed E-state index contributed by atoms with van der Waals surface area (Å²) in [5, 5.41) is 0. The largest absolute Gasteiger partial charge is 0.459 e. The number of nitrogens with zero attached hydrogens (tertiary/aromatic N) is 1. The maximum atomic E-state index is 4.07. The van der Waals surface area contributed by atoms with Gasteiger partial charge in [0.25, 0.3) is 0 Å². The van der Waals surface area contributed by atoms with Gasteiger partial charge in [-0.25, -0.2) is 0 Å². The molecule has 0 amide bonds. The van der Waals surface area contributed by atoms with Crippen LogP contribution in [0.2, 0.25) is 0 Å². The van der Waals surface area contributed by atoms with Crippen molar-refractivity contribution in [2.45, 2.75) is 19.3 Å². The van der Waals surface area contributed by atoms with Crippen LogP contribution in [0.3, 0.4) is 0 Å². The minimum atomic E-state index is 0. The second kappa shape index (κ2) is 2.49. The summed E-state index contributed by atoms with van der Waals surface area (Å²) in [5.74, 6) is 0. The van der Waals surface area contributed by atoms with E-state index in [4.69, 9.17) is 0 Å². The Balaban J connectivity index is 0.000000640. The maximum Gasteiger partial charge on any atom is 0.0543 e. The molecule has 1 saturated heterocycles. The van der Waals surface area contributed by atoms with Gasteiger partial charge in [-0.2, -0.15) is 0 Å².